The highest BCUT2D eigenvalue weighted by atomic mass is 19.1. The van der Waals surface area contributed by atoms with E-state index in [-0.39, 0.29) is 18.0 Å². The van der Waals surface area contributed by atoms with Gasteiger partial charge >= 0.3 is 0 Å². The first-order chi connectivity index (χ1) is 9.67. The Balaban J connectivity index is 2.34. The average molecular weight is 278 g/mol. The van der Waals surface area contributed by atoms with Gasteiger partial charge in [-0.05, 0) is 31.7 Å². The summed E-state index contributed by atoms with van der Waals surface area (Å²) in [6.07, 6.45) is 1.79. The first-order valence-corrected chi connectivity index (χ1v) is 6.26. The van der Waals surface area contributed by atoms with Crippen LogP contribution in [0.15, 0.2) is 36.5 Å². The summed E-state index contributed by atoms with van der Waals surface area (Å²) in [7, 11) is 3.25. The topological polar surface area (TPSA) is 34.2 Å². The second-order valence-corrected chi connectivity index (χ2v) is 4.35. The summed E-state index contributed by atoms with van der Waals surface area (Å²) in [5.74, 6) is -0.648. The normalized spacial score (nSPS) is 12.2. The molecule has 0 bridgehead atoms. The molecule has 0 aliphatic rings. The average Bonchev–Trinajstić information content (AvgIpc) is 2.47. The zero-order valence-electron chi connectivity index (χ0n) is 11.4. The number of likely N-dealkylation sites (N-methyl/N-ethyl adjacent to an activating group) is 1. The Kier molecular flexibility index (Phi) is 4.63. The van der Waals surface area contributed by atoms with Crippen LogP contribution in [-0.2, 0) is 6.42 Å². The van der Waals surface area contributed by atoms with E-state index >= 15 is 0 Å². The number of rotatable bonds is 5. The Hall–Kier alpha value is -2.01. The molecular weight excluding hydrogens is 262 g/mol. The van der Waals surface area contributed by atoms with Crippen LogP contribution in [0.3, 0.4) is 0 Å². The number of aromatic nitrogens is 1. The molecule has 5 heteroatoms. The molecule has 0 amide bonds. The van der Waals surface area contributed by atoms with Crippen LogP contribution in [0.5, 0.6) is 5.88 Å². The monoisotopic (exact) mass is 278 g/mol. The van der Waals surface area contributed by atoms with Gasteiger partial charge in [0.25, 0.3) is 0 Å². The number of hydrogen-bond donors (Lipinski definition) is 1. The molecule has 0 radical (unpaired) electrons. The maximum absolute atomic E-state index is 13.7. The van der Waals surface area contributed by atoms with Gasteiger partial charge < -0.3 is 10.1 Å². The Morgan fingerprint density at radius 3 is 2.50 bits per heavy atom. The van der Waals surface area contributed by atoms with E-state index in [0.717, 1.165) is 5.56 Å². The van der Waals surface area contributed by atoms with E-state index in [9.17, 15) is 8.78 Å². The maximum atomic E-state index is 13.7. The molecule has 1 aromatic carbocycles. The molecule has 0 aliphatic heterocycles. The molecule has 1 unspecified atom stereocenters. The van der Waals surface area contributed by atoms with E-state index < -0.39 is 11.6 Å². The van der Waals surface area contributed by atoms with Crippen LogP contribution in [0.1, 0.15) is 17.2 Å². The van der Waals surface area contributed by atoms with Gasteiger partial charge in [0.15, 0.2) is 0 Å². The Labute approximate surface area is 116 Å². The van der Waals surface area contributed by atoms with Crippen LogP contribution in [-0.4, -0.2) is 19.1 Å². The molecule has 0 fully saturated rings. The molecule has 0 spiro atoms. The molecular formula is C15H16F2N2O. The van der Waals surface area contributed by atoms with Crippen molar-refractivity contribution in [3.05, 3.63) is 59.3 Å². The number of hydrogen-bond acceptors (Lipinski definition) is 3. The number of nitrogens with zero attached hydrogens (tertiary/aromatic N) is 1. The standard InChI is InChI=1S/C15H16F2N2O/c1-18-14(10-5-4-8-19-15(10)20-2)9-11-12(16)6-3-7-13(11)17/h3-8,14,18H,9H2,1-2H3. The van der Waals surface area contributed by atoms with Gasteiger partial charge in [0.2, 0.25) is 5.88 Å². The molecule has 2 rings (SSSR count). The summed E-state index contributed by atoms with van der Waals surface area (Å²) in [6.45, 7) is 0. The van der Waals surface area contributed by atoms with Crippen molar-refractivity contribution in [1.82, 2.24) is 10.3 Å². The molecule has 0 aliphatic carbocycles. The van der Waals surface area contributed by atoms with Crippen molar-refractivity contribution >= 4 is 0 Å². The van der Waals surface area contributed by atoms with Gasteiger partial charge in [-0.15, -0.1) is 0 Å². The fourth-order valence-corrected chi connectivity index (χ4v) is 2.14. The predicted octanol–water partition coefficient (Wildman–Crippen LogP) is 2.87. The van der Waals surface area contributed by atoms with Gasteiger partial charge in [-0.25, -0.2) is 13.8 Å². The minimum Gasteiger partial charge on any atom is -0.481 e. The molecule has 106 valence electrons. The number of halogens is 2. The summed E-state index contributed by atoms with van der Waals surface area (Å²) in [5, 5.41) is 3.04. The van der Waals surface area contributed by atoms with Gasteiger partial charge in [0.05, 0.1) is 7.11 Å². The van der Waals surface area contributed by atoms with Gasteiger partial charge in [-0.2, -0.15) is 0 Å². The third-order valence-electron chi connectivity index (χ3n) is 3.19. The summed E-state index contributed by atoms with van der Waals surface area (Å²) in [4.78, 5) is 4.10. The third-order valence-corrected chi connectivity index (χ3v) is 3.19. The third kappa shape index (κ3) is 2.93. The van der Waals surface area contributed by atoms with Crippen molar-refractivity contribution in [2.45, 2.75) is 12.5 Å². The molecule has 1 aromatic heterocycles. The van der Waals surface area contributed by atoms with Crippen LogP contribution >= 0.6 is 0 Å². The fraction of sp³-hybridized carbons (Fsp3) is 0.267. The number of pyridine rings is 1. The first kappa shape index (κ1) is 14.4. The lowest BCUT2D eigenvalue weighted by atomic mass is 9.99. The van der Waals surface area contributed by atoms with E-state index in [4.69, 9.17) is 4.74 Å². The lowest BCUT2D eigenvalue weighted by Crippen LogP contribution is -2.21. The Morgan fingerprint density at radius 2 is 1.90 bits per heavy atom. The fourth-order valence-electron chi connectivity index (χ4n) is 2.14. The zero-order valence-corrected chi connectivity index (χ0v) is 11.4. The highest BCUT2D eigenvalue weighted by Gasteiger charge is 2.19. The smallest absolute Gasteiger partial charge is 0.217 e. The van der Waals surface area contributed by atoms with Crippen LogP contribution in [0.4, 0.5) is 8.78 Å². The van der Waals surface area contributed by atoms with Crippen LogP contribution in [0.2, 0.25) is 0 Å². The molecule has 1 atom stereocenters. The van der Waals surface area contributed by atoms with Gasteiger partial charge in [-0.3, -0.25) is 0 Å². The van der Waals surface area contributed by atoms with Crippen LogP contribution < -0.4 is 10.1 Å². The summed E-state index contributed by atoms with van der Waals surface area (Å²) >= 11 is 0. The van der Waals surface area contributed by atoms with Crippen molar-refractivity contribution in [3.8, 4) is 5.88 Å². The van der Waals surface area contributed by atoms with E-state index in [2.05, 4.69) is 10.3 Å². The highest BCUT2D eigenvalue weighted by Crippen LogP contribution is 2.27. The van der Waals surface area contributed by atoms with Gasteiger partial charge in [-0.1, -0.05) is 12.1 Å². The largest absolute Gasteiger partial charge is 0.481 e. The van der Waals surface area contributed by atoms with Crippen LogP contribution in [0.25, 0.3) is 0 Å². The minimum atomic E-state index is -0.548. The Morgan fingerprint density at radius 1 is 1.20 bits per heavy atom. The molecule has 1 N–H and O–H groups in total. The van der Waals surface area contributed by atoms with E-state index in [1.807, 2.05) is 6.07 Å². The lowest BCUT2D eigenvalue weighted by Gasteiger charge is -2.19. The maximum Gasteiger partial charge on any atom is 0.217 e. The van der Waals surface area contributed by atoms with E-state index in [0.29, 0.717) is 5.88 Å². The number of nitrogens with one attached hydrogen (secondary N) is 1. The summed E-state index contributed by atoms with van der Waals surface area (Å²) in [6, 6.07) is 7.17. The first-order valence-electron chi connectivity index (χ1n) is 6.26. The lowest BCUT2D eigenvalue weighted by molar-refractivity contribution is 0.383. The number of ether oxygens (including phenoxy) is 1. The number of benzene rings is 1. The second-order valence-electron chi connectivity index (χ2n) is 4.35. The predicted molar refractivity (Wildman–Crippen MR) is 72.7 cm³/mol. The van der Waals surface area contributed by atoms with E-state index in [1.54, 1.807) is 19.3 Å². The van der Waals surface area contributed by atoms with Crippen LogP contribution in [0, 0.1) is 11.6 Å². The summed E-state index contributed by atoms with van der Waals surface area (Å²) in [5.41, 5.74) is 0.818. The molecule has 20 heavy (non-hydrogen) atoms. The molecule has 0 saturated heterocycles. The number of methoxy groups -OCH3 is 1. The molecule has 2 aromatic rings. The SMILES string of the molecule is CNC(Cc1c(F)cccc1F)c1cccnc1OC. The second kappa shape index (κ2) is 6.43. The molecule has 3 nitrogen and oxygen atoms in total. The van der Waals surface area contributed by atoms with E-state index in [1.165, 1.54) is 25.3 Å². The van der Waals surface area contributed by atoms with Crippen molar-refractivity contribution in [3.63, 3.8) is 0 Å². The van der Waals surface area contributed by atoms with Gasteiger partial charge in [0, 0.05) is 23.4 Å². The van der Waals surface area contributed by atoms with Crippen molar-refractivity contribution in [2.75, 3.05) is 14.2 Å². The highest BCUT2D eigenvalue weighted by molar-refractivity contribution is 5.31. The van der Waals surface area contributed by atoms with Gasteiger partial charge in [0.1, 0.15) is 11.6 Å². The quantitative estimate of drug-likeness (QED) is 0.913. The van der Waals surface area contributed by atoms with Crippen molar-refractivity contribution in [2.24, 2.45) is 0 Å². The summed E-state index contributed by atoms with van der Waals surface area (Å²) < 4.78 is 32.6. The van der Waals surface area contributed by atoms with Crippen molar-refractivity contribution in [1.29, 1.82) is 0 Å². The Bertz CT molecular complexity index is 570. The minimum absolute atomic E-state index is 0.0535. The molecule has 0 saturated carbocycles. The zero-order chi connectivity index (χ0) is 14.5. The molecule has 1 heterocycles. The van der Waals surface area contributed by atoms with Crippen molar-refractivity contribution < 1.29 is 13.5 Å².